The fourth-order valence-corrected chi connectivity index (χ4v) is 2.41. The summed E-state index contributed by atoms with van der Waals surface area (Å²) in [6.07, 6.45) is 3.85. The average Bonchev–Trinajstić information content (AvgIpc) is 2.40. The molecular weight excluding hydrogens is 214 g/mol. The lowest BCUT2D eigenvalue weighted by molar-refractivity contribution is 0.363. The minimum Gasteiger partial charge on any atom is -0.315 e. The molecule has 2 heterocycles. The van der Waals surface area contributed by atoms with Gasteiger partial charge in [-0.15, -0.1) is 0 Å². The molecule has 2 aromatic rings. The summed E-state index contributed by atoms with van der Waals surface area (Å²) in [6.45, 7) is 1.91. The second-order valence-corrected chi connectivity index (χ2v) is 4.47. The zero-order chi connectivity index (χ0) is 11.7. The molecule has 1 aromatic heterocycles. The van der Waals surface area contributed by atoms with Crippen LogP contribution in [-0.4, -0.2) is 22.6 Å². The molecule has 1 aliphatic heterocycles. The summed E-state index contributed by atoms with van der Waals surface area (Å²) < 4.78 is 1.77. The highest BCUT2D eigenvalue weighted by molar-refractivity contribution is 5.76. The number of aromatic nitrogens is 2. The number of nitrogens with zero attached hydrogens (tertiary/aromatic N) is 2. The Labute approximate surface area is 99.3 Å². The molecule has 88 valence electrons. The lowest BCUT2D eigenvalue weighted by Crippen LogP contribution is -2.36. The van der Waals surface area contributed by atoms with E-state index in [4.69, 9.17) is 0 Å². The summed E-state index contributed by atoms with van der Waals surface area (Å²) in [5.41, 5.74) is 0.849. The van der Waals surface area contributed by atoms with E-state index in [1.807, 2.05) is 24.3 Å². The molecule has 0 radical (unpaired) electrons. The van der Waals surface area contributed by atoms with Gasteiger partial charge in [0.15, 0.2) is 0 Å². The van der Waals surface area contributed by atoms with Crippen molar-refractivity contribution in [2.75, 3.05) is 13.1 Å². The Morgan fingerprint density at radius 3 is 3.06 bits per heavy atom. The van der Waals surface area contributed by atoms with Crippen molar-refractivity contribution in [1.82, 2.24) is 14.9 Å². The highest BCUT2D eigenvalue weighted by Crippen LogP contribution is 2.15. The van der Waals surface area contributed by atoms with Crippen LogP contribution in [0.2, 0.25) is 0 Å². The molecule has 0 unspecified atom stereocenters. The predicted octanol–water partition coefficient (Wildman–Crippen LogP) is 1.32. The minimum atomic E-state index is 0.0734. The van der Waals surface area contributed by atoms with E-state index < -0.39 is 0 Å². The van der Waals surface area contributed by atoms with Crippen molar-refractivity contribution < 1.29 is 0 Å². The first-order chi connectivity index (χ1) is 8.36. The molecule has 4 heteroatoms. The van der Waals surface area contributed by atoms with Gasteiger partial charge in [0.05, 0.1) is 23.3 Å². The number of rotatable bonds is 1. The molecule has 1 N–H and O–H groups in total. The Morgan fingerprint density at radius 1 is 1.35 bits per heavy atom. The van der Waals surface area contributed by atoms with Gasteiger partial charge in [0, 0.05) is 6.54 Å². The van der Waals surface area contributed by atoms with Crippen LogP contribution < -0.4 is 10.9 Å². The third kappa shape index (κ3) is 1.85. The first-order valence-corrected chi connectivity index (χ1v) is 6.03. The maximum Gasteiger partial charge on any atom is 0.261 e. The Hall–Kier alpha value is -1.68. The van der Waals surface area contributed by atoms with Gasteiger partial charge >= 0.3 is 0 Å². The van der Waals surface area contributed by atoms with Gasteiger partial charge in [0.2, 0.25) is 0 Å². The summed E-state index contributed by atoms with van der Waals surface area (Å²) in [4.78, 5) is 16.7. The monoisotopic (exact) mass is 229 g/mol. The fraction of sp³-hybridized carbons (Fsp3) is 0.385. The standard InChI is InChI=1S/C13H15N3O/c17-13-11-5-1-2-6-12(11)15-9-16(13)10-4-3-7-14-8-10/h1-2,5-6,9-10,14H,3-4,7-8H2/t10-/m1/s1. The lowest BCUT2D eigenvalue weighted by Gasteiger charge is -2.24. The zero-order valence-corrected chi connectivity index (χ0v) is 9.60. The number of nitrogens with one attached hydrogen (secondary N) is 1. The van der Waals surface area contributed by atoms with Crippen LogP contribution in [0.15, 0.2) is 35.4 Å². The predicted molar refractivity (Wildman–Crippen MR) is 67.1 cm³/mol. The van der Waals surface area contributed by atoms with Gasteiger partial charge in [-0.25, -0.2) is 4.98 Å². The van der Waals surface area contributed by atoms with Crippen molar-refractivity contribution in [2.24, 2.45) is 0 Å². The van der Waals surface area contributed by atoms with Crippen LogP contribution in [0.3, 0.4) is 0 Å². The normalized spacial score (nSPS) is 20.6. The van der Waals surface area contributed by atoms with Gasteiger partial charge in [0.25, 0.3) is 5.56 Å². The van der Waals surface area contributed by atoms with E-state index in [2.05, 4.69) is 10.3 Å². The van der Waals surface area contributed by atoms with Gasteiger partial charge < -0.3 is 5.32 Å². The summed E-state index contributed by atoms with van der Waals surface area (Å²) in [5, 5.41) is 4.03. The molecule has 0 saturated carbocycles. The Balaban J connectivity index is 2.11. The Morgan fingerprint density at radius 2 is 2.24 bits per heavy atom. The molecule has 1 fully saturated rings. The number of para-hydroxylation sites is 1. The van der Waals surface area contributed by atoms with E-state index >= 15 is 0 Å². The summed E-state index contributed by atoms with van der Waals surface area (Å²) in [7, 11) is 0. The van der Waals surface area contributed by atoms with Crippen LogP contribution in [0.5, 0.6) is 0 Å². The van der Waals surface area contributed by atoms with E-state index in [0.717, 1.165) is 31.4 Å². The van der Waals surface area contributed by atoms with Crippen molar-refractivity contribution in [3.05, 3.63) is 40.9 Å². The number of hydrogen-bond donors (Lipinski definition) is 1. The van der Waals surface area contributed by atoms with Crippen molar-refractivity contribution in [3.63, 3.8) is 0 Å². The molecule has 17 heavy (non-hydrogen) atoms. The molecule has 1 aliphatic rings. The largest absolute Gasteiger partial charge is 0.315 e. The van der Waals surface area contributed by atoms with Crippen LogP contribution in [0.25, 0.3) is 10.9 Å². The van der Waals surface area contributed by atoms with E-state index in [1.54, 1.807) is 10.9 Å². The average molecular weight is 229 g/mol. The number of fused-ring (bicyclic) bond motifs is 1. The quantitative estimate of drug-likeness (QED) is 0.802. The molecule has 1 atom stereocenters. The Kier molecular flexibility index (Phi) is 2.65. The van der Waals surface area contributed by atoms with Gasteiger partial charge in [-0.1, -0.05) is 12.1 Å². The number of benzene rings is 1. The highest BCUT2D eigenvalue weighted by Gasteiger charge is 2.16. The van der Waals surface area contributed by atoms with Crippen LogP contribution in [0.4, 0.5) is 0 Å². The SMILES string of the molecule is O=c1c2ccccc2ncn1[C@@H]1CCCNC1. The summed E-state index contributed by atoms with van der Waals surface area (Å²) >= 11 is 0. The van der Waals surface area contributed by atoms with Crippen molar-refractivity contribution in [2.45, 2.75) is 18.9 Å². The van der Waals surface area contributed by atoms with Crippen LogP contribution in [0.1, 0.15) is 18.9 Å². The van der Waals surface area contributed by atoms with Gasteiger partial charge in [-0.2, -0.15) is 0 Å². The third-order valence-corrected chi connectivity index (χ3v) is 3.35. The molecular formula is C13H15N3O. The van der Waals surface area contributed by atoms with Crippen molar-refractivity contribution >= 4 is 10.9 Å². The van der Waals surface area contributed by atoms with Gasteiger partial charge in [-0.05, 0) is 31.5 Å². The second kappa shape index (κ2) is 4.30. The first kappa shape index (κ1) is 10.5. The summed E-state index contributed by atoms with van der Waals surface area (Å²) in [5.74, 6) is 0. The molecule has 4 nitrogen and oxygen atoms in total. The second-order valence-electron chi connectivity index (χ2n) is 4.47. The van der Waals surface area contributed by atoms with Crippen molar-refractivity contribution in [3.8, 4) is 0 Å². The summed E-state index contributed by atoms with van der Waals surface area (Å²) in [6, 6.07) is 7.75. The molecule has 0 spiro atoms. The molecule has 1 saturated heterocycles. The lowest BCUT2D eigenvalue weighted by atomic mass is 10.1. The van der Waals surface area contributed by atoms with Gasteiger partial charge in [-0.3, -0.25) is 9.36 Å². The zero-order valence-electron chi connectivity index (χ0n) is 9.60. The van der Waals surface area contributed by atoms with Crippen LogP contribution >= 0.6 is 0 Å². The first-order valence-electron chi connectivity index (χ1n) is 6.03. The number of piperidine rings is 1. The molecule has 0 amide bonds. The Bertz CT molecular complexity index is 584. The topological polar surface area (TPSA) is 46.9 Å². The minimum absolute atomic E-state index is 0.0734. The van der Waals surface area contributed by atoms with Gasteiger partial charge in [0.1, 0.15) is 0 Å². The maximum absolute atomic E-state index is 12.3. The third-order valence-electron chi connectivity index (χ3n) is 3.35. The van der Waals surface area contributed by atoms with Crippen LogP contribution in [0, 0.1) is 0 Å². The number of hydrogen-bond acceptors (Lipinski definition) is 3. The fourth-order valence-electron chi connectivity index (χ4n) is 2.41. The molecule has 0 aliphatic carbocycles. The maximum atomic E-state index is 12.3. The van der Waals surface area contributed by atoms with E-state index in [9.17, 15) is 4.79 Å². The van der Waals surface area contributed by atoms with E-state index in [1.165, 1.54) is 0 Å². The van der Waals surface area contributed by atoms with E-state index in [0.29, 0.717) is 5.39 Å². The highest BCUT2D eigenvalue weighted by atomic mass is 16.1. The smallest absolute Gasteiger partial charge is 0.261 e. The molecule has 3 rings (SSSR count). The van der Waals surface area contributed by atoms with Crippen molar-refractivity contribution in [1.29, 1.82) is 0 Å². The molecule has 1 aromatic carbocycles. The van der Waals surface area contributed by atoms with E-state index in [-0.39, 0.29) is 11.6 Å². The molecule has 0 bridgehead atoms. The van der Waals surface area contributed by atoms with Crippen LogP contribution in [-0.2, 0) is 0 Å².